The van der Waals surface area contributed by atoms with Crippen molar-refractivity contribution in [2.24, 2.45) is 5.92 Å². The molecular formula is C20H20F3NO4. The number of carbonyl (C=O) groups is 2. The van der Waals surface area contributed by atoms with Gasteiger partial charge in [-0.2, -0.15) is 13.2 Å². The van der Waals surface area contributed by atoms with Gasteiger partial charge in [0.15, 0.2) is 5.76 Å². The van der Waals surface area contributed by atoms with E-state index in [2.05, 4.69) is 0 Å². The van der Waals surface area contributed by atoms with Gasteiger partial charge in [0.2, 0.25) is 0 Å². The van der Waals surface area contributed by atoms with E-state index in [9.17, 15) is 22.8 Å². The normalized spacial score (nSPS) is 17.4. The highest BCUT2D eigenvalue weighted by Gasteiger charge is 2.32. The lowest BCUT2D eigenvalue weighted by Gasteiger charge is -2.30. The Labute approximate surface area is 160 Å². The fraction of sp³-hybridized carbons (Fsp3) is 0.400. The first kappa shape index (κ1) is 20.0. The lowest BCUT2D eigenvalue weighted by atomic mass is 9.98. The molecule has 3 rings (SSSR count). The predicted octanol–water partition coefficient (Wildman–Crippen LogP) is 4.38. The number of esters is 1. The van der Waals surface area contributed by atoms with Gasteiger partial charge in [-0.3, -0.25) is 9.59 Å². The molecule has 0 radical (unpaired) electrons. The number of likely N-dealkylation sites (tertiary alicyclic amines) is 1. The van der Waals surface area contributed by atoms with Gasteiger partial charge in [-0.1, -0.05) is 12.1 Å². The second-order valence-electron chi connectivity index (χ2n) is 6.58. The van der Waals surface area contributed by atoms with E-state index in [1.807, 2.05) is 0 Å². The third-order valence-corrected chi connectivity index (χ3v) is 4.62. The molecule has 1 unspecified atom stereocenters. The van der Waals surface area contributed by atoms with Crippen LogP contribution in [0.4, 0.5) is 13.2 Å². The van der Waals surface area contributed by atoms with Crippen molar-refractivity contribution >= 4 is 11.9 Å². The molecule has 0 saturated carbocycles. The highest BCUT2D eigenvalue weighted by molar-refractivity contribution is 5.92. The van der Waals surface area contributed by atoms with Crippen molar-refractivity contribution in [1.82, 2.24) is 4.90 Å². The number of benzene rings is 1. The summed E-state index contributed by atoms with van der Waals surface area (Å²) in [6.07, 6.45) is -3.15. The first-order chi connectivity index (χ1) is 13.3. The standard InChI is InChI=1S/C20H20F3NO4/c1-2-27-19(26)14-6-4-10-24(12-14)18(25)17-9-8-16(28-17)13-5-3-7-15(11-13)20(21,22)23/h3,5,7-9,11,14H,2,4,6,10,12H2,1H3. The zero-order valence-electron chi connectivity index (χ0n) is 15.3. The molecule has 0 spiro atoms. The molecule has 1 aliphatic rings. The Morgan fingerprint density at radius 2 is 2.04 bits per heavy atom. The SMILES string of the molecule is CCOC(=O)C1CCCN(C(=O)c2ccc(-c3cccc(C(F)(F)F)c3)o2)C1. The molecule has 150 valence electrons. The number of hydrogen-bond donors (Lipinski definition) is 0. The largest absolute Gasteiger partial charge is 0.466 e. The van der Waals surface area contributed by atoms with Gasteiger partial charge in [0.05, 0.1) is 18.1 Å². The van der Waals surface area contributed by atoms with Crippen LogP contribution in [0.3, 0.4) is 0 Å². The fourth-order valence-electron chi connectivity index (χ4n) is 3.23. The number of hydrogen-bond acceptors (Lipinski definition) is 4. The summed E-state index contributed by atoms with van der Waals surface area (Å²) in [5, 5.41) is 0. The molecule has 1 atom stereocenters. The van der Waals surface area contributed by atoms with Crippen molar-refractivity contribution in [3.05, 3.63) is 47.7 Å². The Balaban J connectivity index is 1.75. The number of carbonyl (C=O) groups excluding carboxylic acids is 2. The third-order valence-electron chi connectivity index (χ3n) is 4.62. The molecule has 1 aliphatic heterocycles. The van der Waals surface area contributed by atoms with E-state index < -0.39 is 17.6 Å². The second-order valence-corrected chi connectivity index (χ2v) is 6.58. The van der Waals surface area contributed by atoms with Gasteiger partial charge in [-0.25, -0.2) is 0 Å². The molecule has 1 amide bonds. The van der Waals surface area contributed by atoms with E-state index in [-0.39, 0.29) is 42.1 Å². The van der Waals surface area contributed by atoms with Crippen LogP contribution in [-0.4, -0.2) is 36.5 Å². The van der Waals surface area contributed by atoms with Crippen LogP contribution in [0.5, 0.6) is 0 Å². The smallest absolute Gasteiger partial charge is 0.416 e. The van der Waals surface area contributed by atoms with E-state index >= 15 is 0 Å². The van der Waals surface area contributed by atoms with Crippen LogP contribution < -0.4 is 0 Å². The summed E-state index contributed by atoms with van der Waals surface area (Å²) in [5.41, 5.74) is -0.556. The minimum Gasteiger partial charge on any atom is -0.466 e. The zero-order chi connectivity index (χ0) is 20.3. The molecular weight excluding hydrogens is 375 g/mol. The van der Waals surface area contributed by atoms with E-state index in [1.165, 1.54) is 29.2 Å². The second kappa shape index (κ2) is 8.08. The molecule has 2 aromatic rings. The van der Waals surface area contributed by atoms with E-state index in [4.69, 9.17) is 9.15 Å². The van der Waals surface area contributed by atoms with Crippen molar-refractivity contribution in [3.63, 3.8) is 0 Å². The number of halogens is 3. The van der Waals surface area contributed by atoms with Crippen LogP contribution in [0.25, 0.3) is 11.3 Å². The van der Waals surface area contributed by atoms with Gasteiger partial charge in [0, 0.05) is 18.7 Å². The topological polar surface area (TPSA) is 59.8 Å². The monoisotopic (exact) mass is 395 g/mol. The molecule has 1 saturated heterocycles. The lowest BCUT2D eigenvalue weighted by Crippen LogP contribution is -2.42. The average molecular weight is 395 g/mol. The Bertz CT molecular complexity index is 859. The van der Waals surface area contributed by atoms with Gasteiger partial charge in [0.1, 0.15) is 5.76 Å². The Morgan fingerprint density at radius 1 is 1.25 bits per heavy atom. The number of furan rings is 1. The van der Waals surface area contributed by atoms with Crippen molar-refractivity contribution in [2.45, 2.75) is 25.9 Å². The number of piperidine rings is 1. The summed E-state index contributed by atoms with van der Waals surface area (Å²) in [5.74, 6) is -0.905. The summed E-state index contributed by atoms with van der Waals surface area (Å²) < 4.78 is 49.2. The molecule has 0 aliphatic carbocycles. The maximum atomic E-state index is 12.9. The molecule has 0 bridgehead atoms. The number of alkyl halides is 3. The van der Waals surface area contributed by atoms with Crippen LogP contribution >= 0.6 is 0 Å². The Kier molecular flexibility index (Phi) is 5.76. The highest BCUT2D eigenvalue weighted by atomic mass is 19.4. The molecule has 28 heavy (non-hydrogen) atoms. The van der Waals surface area contributed by atoms with E-state index in [0.29, 0.717) is 19.4 Å². The lowest BCUT2D eigenvalue weighted by molar-refractivity contribution is -0.149. The Hall–Kier alpha value is -2.77. The molecule has 0 N–H and O–H groups in total. The van der Waals surface area contributed by atoms with Gasteiger partial charge >= 0.3 is 12.1 Å². The molecule has 2 heterocycles. The highest BCUT2D eigenvalue weighted by Crippen LogP contribution is 2.33. The van der Waals surface area contributed by atoms with Crippen LogP contribution in [0.15, 0.2) is 40.8 Å². The maximum absolute atomic E-state index is 12.9. The van der Waals surface area contributed by atoms with Gasteiger partial charge in [-0.05, 0) is 44.0 Å². The van der Waals surface area contributed by atoms with Crippen LogP contribution in [-0.2, 0) is 15.7 Å². The minimum absolute atomic E-state index is 0.0249. The van der Waals surface area contributed by atoms with Crippen molar-refractivity contribution in [2.75, 3.05) is 19.7 Å². The molecule has 1 aromatic carbocycles. The maximum Gasteiger partial charge on any atom is 0.416 e. The quantitative estimate of drug-likeness (QED) is 0.721. The Morgan fingerprint density at radius 3 is 2.75 bits per heavy atom. The van der Waals surface area contributed by atoms with Crippen LogP contribution in [0.1, 0.15) is 35.9 Å². The zero-order valence-corrected chi connectivity index (χ0v) is 15.3. The number of rotatable bonds is 4. The molecule has 8 heteroatoms. The minimum atomic E-state index is -4.46. The first-order valence-corrected chi connectivity index (χ1v) is 9.03. The fourth-order valence-corrected chi connectivity index (χ4v) is 3.23. The number of amides is 1. The van der Waals surface area contributed by atoms with E-state index in [0.717, 1.165) is 12.1 Å². The molecule has 1 aromatic heterocycles. The molecule has 1 fully saturated rings. The van der Waals surface area contributed by atoms with Gasteiger partial charge < -0.3 is 14.1 Å². The summed E-state index contributed by atoms with van der Waals surface area (Å²) in [6.45, 7) is 2.72. The van der Waals surface area contributed by atoms with Crippen molar-refractivity contribution < 1.29 is 31.9 Å². The molecule has 5 nitrogen and oxygen atoms in total. The summed E-state index contributed by atoms with van der Waals surface area (Å²) in [6, 6.07) is 7.63. The first-order valence-electron chi connectivity index (χ1n) is 9.03. The van der Waals surface area contributed by atoms with Gasteiger partial charge in [-0.15, -0.1) is 0 Å². The van der Waals surface area contributed by atoms with Gasteiger partial charge in [0.25, 0.3) is 5.91 Å². The van der Waals surface area contributed by atoms with Crippen LogP contribution in [0.2, 0.25) is 0 Å². The van der Waals surface area contributed by atoms with Crippen molar-refractivity contribution in [1.29, 1.82) is 0 Å². The van der Waals surface area contributed by atoms with E-state index in [1.54, 1.807) is 6.92 Å². The number of nitrogens with zero attached hydrogens (tertiary/aromatic N) is 1. The predicted molar refractivity (Wildman–Crippen MR) is 94.4 cm³/mol. The summed E-state index contributed by atoms with van der Waals surface area (Å²) in [4.78, 5) is 26.1. The van der Waals surface area contributed by atoms with Crippen molar-refractivity contribution in [3.8, 4) is 11.3 Å². The third kappa shape index (κ3) is 4.37. The summed E-state index contributed by atoms with van der Waals surface area (Å²) in [7, 11) is 0. The van der Waals surface area contributed by atoms with Crippen LogP contribution in [0, 0.1) is 5.92 Å². The number of ether oxygens (including phenoxy) is 1. The average Bonchev–Trinajstić information content (AvgIpc) is 3.17. The summed E-state index contributed by atoms with van der Waals surface area (Å²) >= 11 is 0.